The van der Waals surface area contributed by atoms with Gasteiger partial charge in [0.1, 0.15) is 11.8 Å². The van der Waals surface area contributed by atoms with Crippen molar-refractivity contribution in [2.75, 3.05) is 13.2 Å². The quantitative estimate of drug-likeness (QED) is 0.196. The number of carbonyl (C=O) groups is 2. The van der Waals surface area contributed by atoms with E-state index in [0.29, 0.717) is 38.1 Å². The number of aliphatic hydroxyl groups is 2. The van der Waals surface area contributed by atoms with Crippen molar-refractivity contribution < 1.29 is 113 Å². The van der Waals surface area contributed by atoms with Gasteiger partial charge in [-0.2, -0.15) is 79.0 Å². The Kier molecular flexibility index (Phi) is 11.0. The average Bonchev–Trinajstić information content (AvgIpc) is 2.95. The molecule has 4 unspecified atom stereocenters. The molecule has 0 saturated carbocycles. The fraction of sp³-hybridized carbons (Fsp3) is 0.680. The number of alkyl halides is 18. The molecule has 0 aromatic heterocycles. The summed E-state index contributed by atoms with van der Waals surface area (Å²) in [6, 6.07) is 2.76. The van der Waals surface area contributed by atoms with E-state index in [0.717, 1.165) is 6.07 Å². The largest absolute Gasteiger partial charge is 0.466 e. The van der Waals surface area contributed by atoms with Crippen molar-refractivity contribution in [2.24, 2.45) is 11.8 Å². The lowest BCUT2D eigenvalue weighted by molar-refractivity contribution is -0.529. The van der Waals surface area contributed by atoms with E-state index in [1.165, 1.54) is 0 Å². The van der Waals surface area contributed by atoms with Gasteiger partial charge in [-0.15, -0.1) is 0 Å². The molecule has 0 aliphatic carbocycles. The van der Waals surface area contributed by atoms with Crippen LogP contribution in [0.25, 0.3) is 0 Å². The van der Waals surface area contributed by atoms with Gasteiger partial charge in [0.2, 0.25) is 0 Å². The van der Waals surface area contributed by atoms with Crippen molar-refractivity contribution >= 4 is 11.9 Å². The molecular weight excluding hydrogens is 754 g/mol. The predicted octanol–water partition coefficient (Wildman–Crippen LogP) is 6.47. The minimum absolute atomic E-state index is 0.316. The first kappa shape index (κ1) is 42.9. The van der Waals surface area contributed by atoms with Crippen molar-refractivity contribution in [3.05, 3.63) is 35.9 Å². The van der Waals surface area contributed by atoms with Crippen molar-refractivity contribution in [3.8, 4) is 0 Å². The van der Waals surface area contributed by atoms with Gasteiger partial charge in [-0.1, -0.05) is 30.3 Å². The zero-order valence-corrected chi connectivity index (χ0v) is 24.3. The first-order chi connectivity index (χ1) is 22.2. The van der Waals surface area contributed by atoms with E-state index in [4.69, 9.17) is 0 Å². The molecule has 4 atom stereocenters. The van der Waals surface area contributed by atoms with Gasteiger partial charge < -0.3 is 24.4 Å². The number of hydrogen-bond donors (Lipinski definition) is 2. The summed E-state index contributed by atoms with van der Waals surface area (Å²) in [6.07, 6.45) is -15.6. The number of carbonyl (C=O) groups excluding carboxylic acids is 2. The summed E-state index contributed by atoms with van der Waals surface area (Å²) in [4.78, 5) is 26.0. The van der Waals surface area contributed by atoms with Gasteiger partial charge in [-0.05, 0) is 19.4 Å². The molecule has 1 aliphatic heterocycles. The summed E-state index contributed by atoms with van der Waals surface area (Å²) < 4.78 is 267. The van der Waals surface area contributed by atoms with E-state index in [1.807, 2.05) is 0 Å². The number of hydrogen-bond acceptors (Lipinski definition) is 7. The Labute approximate surface area is 266 Å². The van der Waals surface area contributed by atoms with Gasteiger partial charge in [0.15, 0.2) is 0 Å². The first-order valence-electron chi connectivity index (χ1n) is 13.1. The highest BCUT2D eigenvalue weighted by molar-refractivity contribution is 5.81. The number of rotatable bonds is 11. The highest BCUT2D eigenvalue weighted by Crippen LogP contribution is 2.67. The van der Waals surface area contributed by atoms with E-state index >= 15 is 17.6 Å². The molecule has 1 aromatic rings. The van der Waals surface area contributed by atoms with E-state index in [-0.39, 0.29) is 0 Å². The first-order valence-corrected chi connectivity index (χ1v) is 13.1. The van der Waals surface area contributed by atoms with Crippen molar-refractivity contribution in [1.29, 1.82) is 0 Å². The van der Waals surface area contributed by atoms with Crippen LogP contribution in [0.5, 0.6) is 0 Å². The SMILES string of the molecule is CCOC(=O)C1C(c2ccccc2)C(C(=O)OCC)C(O)(C(F)(F)C(F)(F)C(F)(F)C(F)(F)F)OC1(O)C(F)(F)C(F)(F)C(F)(F)C(F)(F)F. The molecule has 2 N–H and O–H groups in total. The normalized spacial score (nSPS) is 26.4. The van der Waals surface area contributed by atoms with Crippen LogP contribution >= 0.6 is 0 Å². The van der Waals surface area contributed by atoms with Crippen LogP contribution in [0.2, 0.25) is 0 Å². The molecule has 0 amide bonds. The Hall–Kier alpha value is -3.22. The number of esters is 2. The van der Waals surface area contributed by atoms with Crippen molar-refractivity contribution in [2.45, 2.75) is 79.2 Å². The van der Waals surface area contributed by atoms with Gasteiger partial charge in [-0.25, -0.2) is 0 Å². The maximum atomic E-state index is 15.7. The van der Waals surface area contributed by atoms with Gasteiger partial charge >= 0.3 is 59.8 Å². The molecule has 288 valence electrons. The summed E-state index contributed by atoms with van der Waals surface area (Å²) in [5, 5.41) is 21.7. The summed E-state index contributed by atoms with van der Waals surface area (Å²) in [7, 11) is 0. The third kappa shape index (κ3) is 5.88. The minimum atomic E-state index is -8.30. The monoisotopic (exact) mass is 774 g/mol. The number of benzene rings is 1. The summed E-state index contributed by atoms with van der Waals surface area (Å²) in [5.41, 5.74) is -1.38. The van der Waals surface area contributed by atoms with Gasteiger partial charge in [-0.3, -0.25) is 9.59 Å². The zero-order chi connectivity index (χ0) is 39.5. The smallest absolute Gasteiger partial charge is 0.460 e. The topological polar surface area (TPSA) is 102 Å². The predicted molar refractivity (Wildman–Crippen MR) is 122 cm³/mol. The van der Waals surface area contributed by atoms with Crippen LogP contribution in [-0.2, 0) is 23.8 Å². The molecule has 1 heterocycles. The van der Waals surface area contributed by atoms with Crippen molar-refractivity contribution in [3.63, 3.8) is 0 Å². The zero-order valence-electron chi connectivity index (χ0n) is 24.3. The van der Waals surface area contributed by atoms with Crippen LogP contribution in [0.4, 0.5) is 79.0 Å². The maximum Gasteiger partial charge on any atom is 0.460 e. The maximum absolute atomic E-state index is 15.7. The van der Waals surface area contributed by atoms with E-state index < -0.39 is 108 Å². The average molecular weight is 774 g/mol. The van der Waals surface area contributed by atoms with Crippen LogP contribution in [0.15, 0.2) is 30.3 Å². The lowest BCUT2D eigenvalue weighted by atomic mass is 9.63. The summed E-state index contributed by atoms with van der Waals surface area (Å²) in [6.45, 7) is -0.992. The fourth-order valence-corrected chi connectivity index (χ4v) is 4.90. The molecule has 1 aromatic carbocycles. The highest BCUT2D eigenvalue weighted by Gasteiger charge is 2.94. The van der Waals surface area contributed by atoms with E-state index in [1.54, 1.807) is 0 Å². The second-order valence-corrected chi connectivity index (χ2v) is 10.3. The van der Waals surface area contributed by atoms with Gasteiger partial charge in [0.05, 0.1) is 13.2 Å². The lowest BCUT2D eigenvalue weighted by Crippen LogP contribution is -2.82. The standard InChI is InChI=1S/C25H20F18O7/c1-3-48-14(44)12-11(10-8-6-5-7-9-10)13(15(45)49-4-2)17(47,19(28,29)21(32,33)23(36,37)25(41,42)43)50-16(12,46)18(26,27)20(30,31)22(34,35)24(38,39)40/h5-9,11-13,46-47H,3-4H2,1-2H3. The molecule has 0 radical (unpaired) electrons. The molecule has 1 aliphatic rings. The molecule has 0 spiro atoms. The van der Waals surface area contributed by atoms with E-state index in [2.05, 4.69) is 14.2 Å². The van der Waals surface area contributed by atoms with Crippen LogP contribution in [0.1, 0.15) is 25.3 Å². The Morgan fingerprint density at radius 1 is 0.600 bits per heavy atom. The van der Waals surface area contributed by atoms with Crippen LogP contribution in [-0.4, -0.2) is 94.8 Å². The molecule has 50 heavy (non-hydrogen) atoms. The Bertz CT molecular complexity index is 1310. The van der Waals surface area contributed by atoms with Gasteiger partial charge in [0, 0.05) is 5.92 Å². The van der Waals surface area contributed by atoms with E-state index in [9.17, 15) is 81.3 Å². The molecule has 1 saturated heterocycles. The Morgan fingerprint density at radius 2 is 0.900 bits per heavy atom. The van der Waals surface area contributed by atoms with Crippen LogP contribution in [0, 0.1) is 11.8 Å². The summed E-state index contributed by atoms with van der Waals surface area (Å²) in [5.74, 6) is -80.5. The highest BCUT2D eigenvalue weighted by atomic mass is 19.4. The molecule has 1 fully saturated rings. The molecule has 0 bridgehead atoms. The van der Waals surface area contributed by atoms with Crippen LogP contribution < -0.4 is 0 Å². The minimum Gasteiger partial charge on any atom is -0.466 e. The second-order valence-electron chi connectivity index (χ2n) is 10.3. The molecule has 25 heteroatoms. The Balaban J connectivity index is 3.35. The summed E-state index contributed by atoms with van der Waals surface area (Å²) >= 11 is 0. The lowest BCUT2D eigenvalue weighted by Gasteiger charge is -2.57. The molecule has 2 rings (SSSR count). The van der Waals surface area contributed by atoms with Crippen LogP contribution in [0.3, 0.4) is 0 Å². The molecular formula is C25H20F18O7. The third-order valence-corrected chi connectivity index (χ3v) is 7.33. The number of halogens is 18. The Morgan fingerprint density at radius 3 is 1.16 bits per heavy atom. The fourth-order valence-electron chi connectivity index (χ4n) is 4.90. The number of ether oxygens (including phenoxy) is 3. The molecule has 7 nitrogen and oxygen atoms in total. The van der Waals surface area contributed by atoms with Gasteiger partial charge in [0.25, 0.3) is 11.6 Å². The third-order valence-electron chi connectivity index (χ3n) is 7.33. The van der Waals surface area contributed by atoms with Crippen molar-refractivity contribution in [1.82, 2.24) is 0 Å². The second kappa shape index (κ2) is 12.8.